The third-order valence-corrected chi connectivity index (χ3v) is 3.51. The number of piperazine rings is 1. The second kappa shape index (κ2) is 6.36. The number of amides is 1. The molecule has 0 aliphatic carbocycles. The van der Waals surface area contributed by atoms with Crippen molar-refractivity contribution in [3.63, 3.8) is 0 Å². The van der Waals surface area contributed by atoms with Crippen molar-refractivity contribution in [3.05, 3.63) is 0 Å². The molecule has 0 bridgehead atoms. The van der Waals surface area contributed by atoms with Gasteiger partial charge in [-0.05, 0) is 34.6 Å². The second-order valence-corrected chi connectivity index (χ2v) is 6.29. The van der Waals surface area contributed by atoms with Crippen LogP contribution in [0.4, 0.5) is 0 Å². The van der Waals surface area contributed by atoms with Crippen LogP contribution in [0.1, 0.15) is 34.6 Å². The van der Waals surface area contributed by atoms with Gasteiger partial charge in [-0.15, -0.1) is 0 Å². The molecule has 0 aromatic heterocycles. The summed E-state index contributed by atoms with van der Waals surface area (Å²) in [4.78, 5) is 16.5. The normalized spacial score (nSPS) is 21.5. The van der Waals surface area contributed by atoms with Gasteiger partial charge in [0.25, 0.3) is 0 Å². The number of nitrogens with zero attached hydrogens (tertiary/aromatic N) is 3. The van der Waals surface area contributed by atoms with E-state index in [1.54, 1.807) is 0 Å². The molecule has 19 heavy (non-hydrogen) atoms. The zero-order valence-electron chi connectivity index (χ0n) is 12.7. The minimum atomic E-state index is -0.192. The van der Waals surface area contributed by atoms with Gasteiger partial charge < -0.3 is 5.32 Å². The third-order valence-electron chi connectivity index (χ3n) is 3.51. The summed E-state index contributed by atoms with van der Waals surface area (Å²) in [5.41, 5.74) is -0.192. The Kier molecular flexibility index (Phi) is 5.33. The van der Waals surface area contributed by atoms with E-state index in [0.717, 1.165) is 26.2 Å². The van der Waals surface area contributed by atoms with Crippen LogP contribution in [-0.4, -0.2) is 59.5 Å². The van der Waals surface area contributed by atoms with Crippen LogP contribution in [0.15, 0.2) is 0 Å². The molecule has 0 aromatic rings. The van der Waals surface area contributed by atoms with Crippen LogP contribution >= 0.6 is 0 Å². The van der Waals surface area contributed by atoms with Gasteiger partial charge in [-0.2, -0.15) is 5.26 Å². The van der Waals surface area contributed by atoms with E-state index >= 15 is 0 Å². The van der Waals surface area contributed by atoms with Crippen LogP contribution in [0.25, 0.3) is 0 Å². The van der Waals surface area contributed by atoms with Crippen molar-refractivity contribution in [1.82, 2.24) is 15.1 Å². The highest BCUT2D eigenvalue weighted by Crippen LogP contribution is 2.10. The molecule has 0 saturated carbocycles. The van der Waals surface area contributed by atoms with Crippen LogP contribution in [0.2, 0.25) is 0 Å². The summed E-state index contributed by atoms with van der Waals surface area (Å²) >= 11 is 0. The highest BCUT2D eigenvalue weighted by Gasteiger charge is 2.28. The summed E-state index contributed by atoms with van der Waals surface area (Å²) in [7, 11) is 0. The summed E-state index contributed by atoms with van der Waals surface area (Å²) in [5.74, 6) is 0.0780. The van der Waals surface area contributed by atoms with Gasteiger partial charge in [-0.1, -0.05) is 0 Å². The number of hydrogen-bond acceptors (Lipinski definition) is 4. The van der Waals surface area contributed by atoms with E-state index in [1.807, 2.05) is 34.6 Å². The summed E-state index contributed by atoms with van der Waals surface area (Å²) in [6.45, 7) is 13.2. The van der Waals surface area contributed by atoms with Gasteiger partial charge >= 0.3 is 0 Å². The molecule has 1 aliphatic heterocycles. The van der Waals surface area contributed by atoms with Gasteiger partial charge in [0.1, 0.15) is 0 Å². The monoisotopic (exact) mass is 266 g/mol. The number of rotatable bonds is 3. The minimum Gasteiger partial charge on any atom is -0.350 e. The molecule has 1 amide bonds. The van der Waals surface area contributed by atoms with E-state index in [0.29, 0.717) is 0 Å². The first-order valence-corrected chi connectivity index (χ1v) is 6.94. The first kappa shape index (κ1) is 15.9. The van der Waals surface area contributed by atoms with Crippen LogP contribution in [0.3, 0.4) is 0 Å². The van der Waals surface area contributed by atoms with Crippen molar-refractivity contribution < 1.29 is 4.79 Å². The summed E-state index contributed by atoms with van der Waals surface area (Å²) in [6, 6.07) is 2.11. The summed E-state index contributed by atoms with van der Waals surface area (Å²) in [6.07, 6.45) is 0. The van der Waals surface area contributed by atoms with Crippen molar-refractivity contribution in [2.75, 3.05) is 26.2 Å². The fourth-order valence-corrected chi connectivity index (χ4v) is 2.23. The van der Waals surface area contributed by atoms with Gasteiger partial charge in [0.05, 0.1) is 18.2 Å². The van der Waals surface area contributed by atoms with E-state index in [1.165, 1.54) is 0 Å². The molecular formula is C14H26N4O. The maximum absolute atomic E-state index is 12.1. The molecule has 108 valence electrons. The van der Waals surface area contributed by atoms with Crippen molar-refractivity contribution in [2.24, 2.45) is 0 Å². The van der Waals surface area contributed by atoms with E-state index in [-0.39, 0.29) is 23.5 Å². The minimum absolute atomic E-state index is 0.0409. The molecule has 0 radical (unpaired) electrons. The van der Waals surface area contributed by atoms with Gasteiger partial charge in [0, 0.05) is 31.7 Å². The van der Waals surface area contributed by atoms with E-state index in [4.69, 9.17) is 5.26 Å². The van der Waals surface area contributed by atoms with Gasteiger partial charge in [-0.25, -0.2) is 0 Å². The Hall–Kier alpha value is -1.12. The quantitative estimate of drug-likeness (QED) is 0.821. The second-order valence-electron chi connectivity index (χ2n) is 6.29. The van der Waals surface area contributed by atoms with E-state index in [9.17, 15) is 4.79 Å². The number of nitrogens with one attached hydrogen (secondary N) is 1. The van der Waals surface area contributed by atoms with Gasteiger partial charge in [-0.3, -0.25) is 14.6 Å². The van der Waals surface area contributed by atoms with Gasteiger partial charge in [0.15, 0.2) is 0 Å². The average molecular weight is 266 g/mol. The fourth-order valence-electron chi connectivity index (χ4n) is 2.23. The number of carbonyl (C=O) groups excluding carboxylic acids is 1. The topological polar surface area (TPSA) is 59.4 Å². The predicted molar refractivity (Wildman–Crippen MR) is 75.6 cm³/mol. The lowest BCUT2D eigenvalue weighted by atomic mass is 10.1. The summed E-state index contributed by atoms with van der Waals surface area (Å²) in [5, 5.41) is 11.9. The zero-order valence-corrected chi connectivity index (χ0v) is 12.7. The Balaban J connectivity index is 2.47. The van der Waals surface area contributed by atoms with Crippen LogP contribution < -0.4 is 5.32 Å². The Morgan fingerprint density at radius 1 is 1.16 bits per heavy atom. The molecule has 0 aromatic carbocycles. The molecule has 1 aliphatic rings. The maximum atomic E-state index is 12.1. The zero-order chi connectivity index (χ0) is 14.6. The molecule has 1 N–H and O–H groups in total. The standard InChI is InChI=1S/C14H26N4O/c1-11(10-15)17-6-8-18(9-7-17)12(2)13(19)16-14(3,4)5/h11-12H,6-9H2,1-5H3,(H,16,19). The molecular weight excluding hydrogens is 240 g/mol. The van der Waals surface area contributed by atoms with Crippen molar-refractivity contribution in [1.29, 1.82) is 5.26 Å². The Morgan fingerprint density at radius 3 is 2.05 bits per heavy atom. The lowest BCUT2D eigenvalue weighted by molar-refractivity contribution is -0.128. The van der Waals surface area contributed by atoms with E-state index < -0.39 is 0 Å². The molecule has 1 rings (SSSR count). The molecule has 1 heterocycles. The lowest BCUT2D eigenvalue weighted by Crippen LogP contribution is -2.57. The van der Waals surface area contributed by atoms with Gasteiger partial charge in [0.2, 0.25) is 5.91 Å². The molecule has 1 fully saturated rings. The predicted octanol–water partition coefficient (Wildman–Crippen LogP) is 0.819. The maximum Gasteiger partial charge on any atom is 0.237 e. The Bertz CT molecular complexity index is 347. The van der Waals surface area contributed by atoms with Crippen LogP contribution in [-0.2, 0) is 4.79 Å². The number of nitriles is 1. The van der Waals surface area contributed by atoms with Crippen molar-refractivity contribution in [2.45, 2.75) is 52.2 Å². The third kappa shape index (κ3) is 4.81. The molecule has 1 saturated heterocycles. The molecule has 5 nitrogen and oxygen atoms in total. The van der Waals surface area contributed by atoms with Crippen molar-refractivity contribution >= 4 is 5.91 Å². The van der Waals surface area contributed by atoms with Crippen LogP contribution in [0.5, 0.6) is 0 Å². The molecule has 5 heteroatoms. The SMILES string of the molecule is CC(C#N)N1CCN(C(C)C(=O)NC(C)(C)C)CC1. The highest BCUT2D eigenvalue weighted by atomic mass is 16.2. The first-order chi connectivity index (χ1) is 8.74. The fraction of sp³-hybridized carbons (Fsp3) is 0.857. The summed E-state index contributed by atoms with van der Waals surface area (Å²) < 4.78 is 0. The molecule has 2 atom stereocenters. The molecule has 2 unspecified atom stereocenters. The Morgan fingerprint density at radius 2 is 1.63 bits per heavy atom. The van der Waals surface area contributed by atoms with Crippen LogP contribution in [0, 0.1) is 11.3 Å². The average Bonchev–Trinajstić information content (AvgIpc) is 2.35. The lowest BCUT2D eigenvalue weighted by Gasteiger charge is -2.39. The number of hydrogen-bond donors (Lipinski definition) is 1. The van der Waals surface area contributed by atoms with E-state index in [2.05, 4.69) is 21.2 Å². The molecule has 0 spiro atoms. The first-order valence-electron chi connectivity index (χ1n) is 6.94. The highest BCUT2D eigenvalue weighted by molar-refractivity contribution is 5.81. The number of carbonyl (C=O) groups is 1. The largest absolute Gasteiger partial charge is 0.350 e. The van der Waals surface area contributed by atoms with Crippen molar-refractivity contribution in [3.8, 4) is 6.07 Å². The Labute approximate surface area is 116 Å². The smallest absolute Gasteiger partial charge is 0.237 e.